The van der Waals surface area contributed by atoms with Crippen LogP contribution in [-0.2, 0) is 0 Å². The highest BCUT2D eigenvalue weighted by molar-refractivity contribution is 6.30. The van der Waals surface area contributed by atoms with Crippen molar-refractivity contribution in [1.29, 1.82) is 5.26 Å². The van der Waals surface area contributed by atoms with Crippen molar-refractivity contribution >= 4 is 28.2 Å². The number of rotatable bonds is 4. The third kappa shape index (κ3) is 3.16. The lowest BCUT2D eigenvalue weighted by Crippen LogP contribution is -2.13. The summed E-state index contributed by atoms with van der Waals surface area (Å²) in [5, 5.41) is 23.4. The molecule has 0 saturated heterocycles. The van der Waals surface area contributed by atoms with E-state index in [1.165, 1.54) is 18.3 Å². The van der Waals surface area contributed by atoms with Crippen molar-refractivity contribution in [3.05, 3.63) is 70.6 Å². The maximum Gasteiger partial charge on any atom is 0.142 e. The number of aromatic nitrogens is 1. The summed E-state index contributed by atoms with van der Waals surface area (Å²) in [6, 6.07) is 13.6. The average Bonchev–Trinajstić information content (AvgIpc) is 2.61. The van der Waals surface area contributed by atoms with Crippen molar-refractivity contribution in [2.45, 2.75) is 6.10 Å². The first-order chi connectivity index (χ1) is 11.6. The van der Waals surface area contributed by atoms with Crippen LogP contribution in [0.2, 0.25) is 5.02 Å². The van der Waals surface area contributed by atoms with E-state index in [4.69, 9.17) is 11.6 Å². The zero-order valence-electron chi connectivity index (χ0n) is 12.5. The normalized spacial score (nSPS) is 11.9. The first-order valence-electron chi connectivity index (χ1n) is 7.25. The van der Waals surface area contributed by atoms with E-state index in [2.05, 4.69) is 16.4 Å². The molecular formula is C18H13ClFN3O. The number of fused-ring (bicyclic) bond motifs is 1. The van der Waals surface area contributed by atoms with Gasteiger partial charge in [0.05, 0.1) is 27.9 Å². The van der Waals surface area contributed by atoms with Gasteiger partial charge in [-0.3, -0.25) is 4.98 Å². The molecule has 0 aliphatic rings. The molecule has 0 saturated carbocycles. The number of anilines is 1. The molecule has 6 heteroatoms. The van der Waals surface area contributed by atoms with Crippen LogP contribution in [0.15, 0.2) is 48.7 Å². The van der Waals surface area contributed by atoms with Crippen molar-refractivity contribution in [1.82, 2.24) is 4.98 Å². The number of nitrogens with one attached hydrogen (secondary N) is 1. The Labute approximate surface area is 143 Å². The van der Waals surface area contributed by atoms with Gasteiger partial charge in [0, 0.05) is 18.1 Å². The predicted molar refractivity (Wildman–Crippen MR) is 91.3 cm³/mol. The predicted octanol–water partition coefficient (Wildman–Crippen LogP) is 4.04. The average molecular weight is 342 g/mol. The minimum atomic E-state index is -0.949. The van der Waals surface area contributed by atoms with Crippen LogP contribution in [-0.4, -0.2) is 16.6 Å². The van der Waals surface area contributed by atoms with Crippen molar-refractivity contribution in [3.8, 4) is 6.07 Å². The van der Waals surface area contributed by atoms with E-state index in [9.17, 15) is 14.8 Å². The van der Waals surface area contributed by atoms with Gasteiger partial charge in [-0.2, -0.15) is 5.26 Å². The van der Waals surface area contributed by atoms with E-state index in [0.717, 1.165) is 10.9 Å². The van der Waals surface area contributed by atoms with Crippen LogP contribution in [0.4, 0.5) is 10.1 Å². The number of hydrogen-bond acceptors (Lipinski definition) is 4. The van der Waals surface area contributed by atoms with Crippen LogP contribution in [0, 0.1) is 17.1 Å². The largest absolute Gasteiger partial charge is 0.387 e. The molecule has 0 fully saturated rings. The molecule has 2 aromatic carbocycles. The molecule has 4 nitrogen and oxygen atoms in total. The lowest BCUT2D eigenvalue weighted by atomic mass is 10.1. The van der Waals surface area contributed by atoms with Gasteiger partial charge >= 0.3 is 0 Å². The first kappa shape index (κ1) is 16.2. The van der Waals surface area contributed by atoms with Gasteiger partial charge in [-0.1, -0.05) is 35.9 Å². The molecule has 24 heavy (non-hydrogen) atoms. The molecule has 120 valence electrons. The molecule has 1 atom stereocenters. The highest BCUT2D eigenvalue weighted by Crippen LogP contribution is 2.27. The minimum Gasteiger partial charge on any atom is -0.387 e. The van der Waals surface area contributed by atoms with Crippen LogP contribution < -0.4 is 5.32 Å². The maximum atomic E-state index is 13.5. The van der Waals surface area contributed by atoms with Gasteiger partial charge in [-0.15, -0.1) is 0 Å². The SMILES string of the molecule is N#Cc1cnc2ccccc2c1NCC(O)c1ccc(Cl)c(F)c1. The summed E-state index contributed by atoms with van der Waals surface area (Å²) in [6.07, 6.45) is 0.536. The molecule has 3 aromatic rings. The quantitative estimate of drug-likeness (QED) is 0.751. The monoisotopic (exact) mass is 341 g/mol. The van der Waals surface area contributed by atoms with E-state index < -0.39 is 11.9 Å². The van der Waals surface area contributed by atoms with Crippen LogP contribution in [0.3, 0.4) is 0 Å². The maximum absolute atomic E-state index is 13.5. The van der Waals surface area contributed by atoms with Gasteiger partial charge in [-0.25, -0.2) is 4.39 Å². The lowest BCUT2D eigenvalue weighted by molar-refractivity contribution is 0.191. The van der Waals surface area contributed by atoms with E-state index in [1.54, 1.807) is 6.07 Å². The van der Waals surface area contributed by atoms with Crippen LogP contribution >= 0.6 is 11.6 Å². The van der Waals surface area contributed by atoms with Crippen molar-refractivity contribution < 1.29 is 9.50 Å². The molecule has 1 unspecified atom stereocenters. The standard InChI is InChI=1S/C18H13ClFN3O/c19-14-6-5-11(7-15(14)20)17(24)10-23-18-12(8-21)9-22-16-4-2-1-3-13(16)18/h1-7,9,17,24H,10H2,(H,22,23). The molecule has 0 aliphatic carbocycles. The second kappa shape index (κ2) is 6.83. The zero-order chi connectivity index (χ0) is 17.1. The summed E-state index contributed by atoms with van der Waals surface area (Å²) < 4.78 is 13.5. The second-order valence-corrected chi connectivity index (χ2v) is 5.65. The first-order valence-corrected chi connectivity index (χ1v) is 7.62. The van der Waals surface area contributed by atoms with Gasteiger partial charge < -0.3 is 10.4 Å². The van der Waals surface area contributed by atoms with Gasteiger partial charge in [-0.05, 0) is 23.8 Å². The fourth-order valence-electron chi connectivity index (χ4n) is 2.45. The molecule has 0 aliphatic heterocycles. The Morgan fingerprint density at radius 1 is 1.29 bits per heavy atom. The third-order valence-corrected chi connectivity index (χ3v) is 4.00. The molecule has 1 aromatic heterocycles. The van der Waals surface area contributed by atoms with E-state index in [1.807, 2.05) is 24.3 Å². The van der Waals surface area contributed by atoms with Crippen LogP contribution in [0.1, 0.15) is 17.2 Å². The Bertz CT molecular complexity index is 939. The van der Waals surface area contributed by atoms with E-state index in [-0.39, 0.29) is 11.6 Å². The number of para-hydroxylation sites is 1. The van der Waals surface area contributed by atoms with Gasteiger partial charge in [0.2, 0.25) is 0 Å². The Hall–Kier alpha value is -2.68. The summed E-state index contributed by atoms with van der Waals surface area (Å²) in [5.41, 5.74) is 2.12. The summed E-state index contributed by atoms with van der Waals surface area (Å²) in [5.74, 6) is -0.583. The molecule has 2 N–H and O–H groups in total. The number of benzene rings is 2. The minimum absolute atomic E-state index is 0.00537. The Morgan fingerprint density at radius 2 is 2.08 bits per heavy atom. The van der Waals surface area contributed by atoms with Gasteiger partial charge in [0.1, 0.15) is 11.9 Å². The van der Waals surface area contributed by atoms with Gasteiger partial charge in [0.15, 0.2) is 0 Å². The molecule has 0 bridgehead atoms. The topological polar surface area (TPSA) is 68.9 Å². The molecule has 0 spiro atoms. The molecule has 0 amide bonds. The molecule has 1 heterocycles. The number of aliphatic hydroxyl groups excluding tert-OH is 1. The zero-order valence-corrected chi connectivity index (χ0v) is 13.3. The summed E-state index contributed by atoms with van der Waals surface area (Å²) in [7, 11) is 0. The summed E-state index contributed by atoms with van der Waals surface area (Å²) in [4.78, 5) is 4.23. The molecular weight excluding hydrogens is 329 g/mol. The Kier molecular flexibility index (Phi) is 4.61. The smallest absolute Gasteiger partial charge is 0.142 e. The number of halogens is 2. The van der Waals surface area contributed by atoms with Crippen molar-refractivity contribution in [3.63, 3.8) is 0 Å². The second-order valence-electron chi connectivity index (χ2n) is 5.25. The van der Waals surface area contributed by atoms with Crippen molar-refractivity contribution in [2.75, 3.05) is 11.9 Å². The van der Waals surface area contributed by atoms with Crippen molar-refractivity contribution in [2.24, 2.45) is 0 Å². The Morgan fingerprint density at radius 3 is 2.83 bits per heavy atom. The fraction of sp³-hybridized carbons (Fsp3) is 0.111. The molecule has 0 radical (unpaired) electrons. The summed E-state index contributed by atoms with van der Waals surface area (Å²) >= 11 is 5.65. The highest BCUT2D eigenvalue weighted by Gasteiger charge is 2.13. The summed E-state index contributed by atoms with van der Waals surface area (Å²) in [6.45, 7) is 0.115. The van der Waals surface area contributed by atoms with E-state index in [0.29, 0.717) is 16.8 Å². The van der Waals surface area contributed by atoms with Gasteiger partial charge in [0.25, 0.3) is 0 Å². The Balaban J connectivity index is 1.87. The fourth-order valence-corrected chi connectivity index (χ4v) is 2.57. The number of nitrogens with zero attached hydrogens (tertiary/aromatic N) is 2. The van der Waals surface area contributed by atoms with Crippen LogP contribution in [0.25, 0.3) is 10.9 Å². The third-order valence-electron chi connectivity index (χ3n) is 3.70. The van der Waals surface area contributed by atoms with E-state index >= 15 is 0 Å². The van der Waals surface area contributed by atoms with Crippen LogP contribution in [0.5, 0.6) is 0 Å². The molecule has 3 rings (SSSR count). The number of aliphatic hydroxyl groups is 1. The highest BCUT2D eigenvalue weighted by atomic mass is 35.5. The number of nitriles is 1. The number of pyridine rings is 1. The lowest BCUT2D eigenvalue weighted by Gasteiger charge is -2.16. The number of hydrogen-bond donors (Lipinski definition) is 2.